The van der Waals surface area contributed by atoms with E-state index in [9.17, 15) is 4.79 Å². The molecule has 1 aromatic heterocycles. The van der Waals surface area contributed by atoms with Gasteiger partial charge in [-0.15, -0.1) is 0 Å². The number of nitrogens with two attached hydrogens (primary N) is 2. The number of nitrogens with zero attached hydrogens (tertiary/aromatic N) is 1. The Morgan fingerprint density at radius 1 is 1.85 bits per heavy atom. The van der Waals surface area contributed by atoms with Crippen molar-refractivity contribution in [3.8, 4) is 5.88 Å². The van der Waals surface area contributed by atoms with Crippen molar-refractivity contribution in [1.29, 1.82) is 0 Å². The van der Waals surface area contributed by atoms with Crippen molar-refractivity contribution in [2.24, 2.45) is 11.5 Å². The van der Waals surface area contributed by atoms with E-state index >= 15 is 0 Å². The number of hydrogen-bond acceptors (Lipinski definition) is 5. The fraction of sp³-hybridized carbons (Fsp3) is 0.429. The Bertz CT molecular complexity index is 300. The van der Waals surface area contributed by atoms with E-state index in [1.54, 1.807) is 5.38 Å². The lowest BCUT2D eigenvalue weighted by molar-refractivity contribution is -0.119. The van der Waals surface area contributed by atoms with Crippen LogP contribution in [-0.4, -0.2) is 23.4 Å². The van der Waals surface area contributed by atoms with Crippen molar-refractivity contribution in [2.75, 3.05) is 7.11 Å². The SMILES string of the molecule is COc1nscc1CC(N)C(N)=O. The number of aromatic nitrogens is 1. The molecule has 0 aliphatic carbocycles. The molecule has 0 aliphatic heterocycles. The Morgan fingerprint density at radius 2 is 2.54 bits per heavy atom. The van der Waals surface area contributed by atoms with Crippen LogP contribution in [0.4, 0.5) is 0 Å². The second kappa shape index (κ2) is 4.20. The highest BCUT2D eigenvalue weighted by atomic mass is 32.1. The zero-order chi connectivity index (χ0) is 9.84. The van der Waals surface area contributed by atoms with E-state index in [0.717, 1.165) is 5.56 Å². The van der Waals surface area contributed by atoms with Gasteiger partial charge in [0.2, 0.25) is 11.8 Å². The van der Waals surface area contributed by atoms with E-state index in [2.05, 4.69) is 4.37 Å². The number of hydrogen-bond donors (Lipinski definition) is 2. The summed E-state index contributed by atoms with van der Waals surface area (Å²) < 4.78 is 8.92. The van der Waals surface area contributed by atoms with Crippen LogP contribution in [0.15, 0.2) is 5.38 Å². The molecule has 0 saturated carbocycles. The van der Waals surface area contributed by atoms with Crippen LogP contribution < -0.4 is 16.2 Å². The number of rotatable bonds is 4. The average Bonchev–Trinajstić information content (AvgIpc) is 2.51. The molecule has 0 aliphatic rings. The van der Waals surface area contributed by atoms with Gasteiger partial charge in [0.15, 0.2) is 0 Å². The van der Waals surface area contributed by atoms with Crippen LogP contribution >= 0.6 is 11.5 Å². The smallest absolute Gasteiger partial charge is 0.234 e. The maximum Gasteiger partial charge on any atom is 0.234 e. The van der Waals surface area contributed by atoms with Gasteiger partial charge in [-0.05, 0) is 11.5 Å². The standard InChI is InChI=1S/C7H11N3O2S/c1-12-7-4(3-13-10-7)2-5(8)6(9)11/h3,5H,2,8H2,1H3,(H2,9,11). The summed E-state index contributed by atoms with van der Waals surface area (Å²) in [6.07, 6.45) is 0.370. The first-order valence-corrected chi connectivity index (χ1v) is 4.51. The lowest BCUT2D eigenvalue weighted by atomic mass is 10.1. The van der Waals surface area contributed by atoms with E-state index in [1.807, 2.05) is 0 Å². The Labute approximate surface area is 79.8 Å². The fourth-order valence-corrected chi connectivity index (χ4v) is 1.55. The Hall–Kier alpha value is -1.14. The predicted molar refractivity (Wildman–Crippen MR) is 49.5 cm³/mol. The van der Waals surface area contributed by atoms with Gasteiger partial charge in [-0.1, -0.05) is 0 Å². The zero-order valence-corrected chi connectivity index (χ0v) is 8.00. The summed E-state index contributed by atoms with van der Waals surface area (Å²) in [6, 6.07) is -0.676. The number of ether oxygens (including phenoxy) is 1. The summed E-state index contributed by atoms with van der Waals surface area (Å²) in [6.45, 7) is 0. The lowest BCUT2D eigenvalue weighted by Crippen LogP contribution is -2.38. The molecule has 1 aromatic rings. The first-order chi connectivity index (χ1) is 6.15. The average molecular weight is 201 g/mol. The van der Waals surface area contributed by atoms with Crippen molar-refractivity contribution in [1.82, 2.24) is 4.37 Å². The predicted octanol–water partition coefficient (Wildman–Crippen LogP) is -0.493. The van der Waals surface area contributed by atoms with Crippen molar-refractivity contribution in [3.05, 3.63) is 10.9 Å². The monoisotopic (exact) mass is 201 g/mol. The highest BCUT2D eigenvalue weighted by molar-refractivity contribution is 7.03. The van der Waals surface area contributed by atoms with Gasteiger partial charge >= 0.3 is 0 Å². The molecule has 1 atom stereocenters. The zero-order valence-electron chi connectivity index (χ0n) is 7.19. The number of carbonyl (C=O) groups is 1. The third-order valence-corrected chi connectivity index (χ3v) is 2.27. The molecule has 1 rings (SSSR count). The molecule has 0 bridgehead atoms. The molecule has 5 nitrogen and oxygen atoms in total. The van der Waals surface area contributed by atoms with Crippen LogP contribution in [-0.2, 0) is 11.2 Å². The minimum Gasteiger partial charge on any atom is -0.480 e. The van der Waals surface area contributed by atoms with Crippen LogP contribution in [0.3, 0.4) is 0 Å². The maximum atomic E-state index is 10.7. The molecule has 6 heteroatoms. The van der Waals surface area contributed by atoms with Crippen molar-refractivity contribution < 1.29 is 9.53 Å². The molecule has 4 N–H and O–H groups in total. The summed E-state index contributed by atoms with van der Waals surface area (Å²) in [7, 11) is 1.52. The quantitative estimate of drug-likeness (QED) is 0.687. The molecular weight excluding hydrogens is 190 g/mol. The van der Waals surface area contributed by atoms with E-state index in [0.29, 0.717) is 12.3 Å². The van der Waals surface area contributed by atoms with Gasteiger partial charge in [0, 0.05) is 17.4 Å². The van der Waals surface area contributed by atoms with Gasteiger partial charge in [0.25, 0.3) is 0 Å². The first-order valence-electron chi connectivity index (χ1n) is 3.67. The summed E-state index contributed by atoms with van der Waals surface area (Å²) in [4.78, 5) is 10.7. The molecule has 72 valence electrons. The molecule has 0 aromatic carbocycles. The van der Waals surface area contributed by atoms with Gasteiger partial charge in [-0.25, -0.2) is 0 Å². The minimum absolute atomic E-state index is 0.370. The van der Waals surface area contributed by atoms with Crippen LogP contribution in [0.1, 0.15) is 5.56 Å². The van der Waals surface area contributed by atoms with Crippen LogP contribution in [0.5, 0.6) is 5.88 Å². The molecule has 0 saturated heterocycles. The largest absolute Gasteiger partial charge is 0.480 e. The highest BCUT2D eigenvalue weighted by Crippen LogP contribution is 2.19. The maximum absolute atomic E-state index is 10.7. The van der Waals surface area contributed by atoms with Gasteiger partial charge in [0.05, 0.1) is 13.2 Å². The van der Waals surface area contributed by atoms with E-state index in [4.69, 9.17) is 16.2 Å². The summed E-state index contributed by atoms with van der Waals surface area (Å²) in [5, 5.41) is 1.79. The van der Waals surface area contributed by atoms with Gasteiger partial charge in [-0.3, -0.25) is 4.79 Å². The molecule has 1 heterocycles. The third-order valence-electron chi connectivity index (χ3n) is 1.60. The Morgan fingerprint density at radius 3 is 3.08 bits per heavy atom. The van der Waals surface area contributed by atoms with E-state index < -0.39 is 11.9 Å². The Balaban J connectivity index is 2.68. The molecule has 0 radical (unpaired) electrons. The normalized spacial score (nSPS) is 12.5. The molecule has 0 spiro atoms. The fourth-order valence-electron chi connectivity index (χ4n) is 0.888. The molecule has 13 heavy (non-hydrogen) atoms. The van der Waals surface area contributed by atoms with Crippen LogP contribution in [0, 0.1) is 0 Å². The topological polar surface area (TPSA) is 91.2 Å². The second-order valence-corrected chi connectivity index (χ2v) is 3.19. The summed E-state index contributed by atoms with van der Waals surface area (Å²) in [5.41, 5.74) is 11.3. The number of amides is 1. The Kier molecular flexibility index (Phi) is 3.21. The molecule has 0 fully saturated rings. The van der Waals surface area contributed by atoms with Gasteiger partial charge in [0.1, 0.15) is 0 Å². The van der Waals surface area contributed by atoms with Crippen molar-refractivity contribution in [2.45, 2.75) is 12.5 Å². The molecule has 1 amide bonds. The minimum atomic E-state index is -0.676. The van der Waals surface area contributed by atoms with Crippen LogP contribution in [0.25, 0.3) is 0 Å². The van der Waals surface area contributed by atoms with Crippen molar-refractivity contribution in [3.63, 3.8) is 0 Å². The molecule has 1 unspecified atom stereocenters. The molecular formula is C7H11N3O2S. The summed E-state index contributed by atoms with van der Waals surface area (Å²) in [5.74, 6) is -0.00467. The van der Waals surface area contributed by atoms with E-state index in [-0.39, 0.29) is 0 Å². The number of carbonyl (C=O) groups excluding carboxylic acids is 1. The van der Waals surface area contributed by atoms with Gasteiger partial charge in [-0.2, -0.15) is 4.37 Å². The number of primary amides is 1. The van der Waals surface area contributed by atoms with Gasteiger partial charge < -0.3 is 16.2 Å². The van der Waals surface area contributed by atoms with E-state index in [1.165, 1.54) is 18.6 Å². The third kappa shape index (κ3) is 2.40. The lowest BCUT2D eigenvalue weighted by Gasteiger charge is -2.05. The number of methoxy groups -OCH3 is 1. The summed E-state index contributed by atoms with van der Waals surface area (Å²) >= 11 is 1.26. The van der Waals surface area contributed by atoms with Crippen molar-refractivity contribution >= 4 is 17.4 Å². The van der Waals surface area contributed by atoms with Crippen LogP contribution in [0.2, 0.25) is 0 Å². The second-order valence-electron chi connectivity index (χ2n) is 2.56. The first kappa shape index (κ1) is 9.94. The highest BCUT2D eigenvalue weighted by Gasteiger charge is 2.14.